The Labute approximate surface area is 273 Å². The Hall–Kier alpha value is -4.63. The minimum absolute atomic E-state index is 0.0503. The highest BCUT2D eigenvalue weighted by Crippen LogP contribution is 2.28. The van der Waals surface area contributed by atoms with E-state index in [1.165, 1.54) is 24.1 Å². The smallest absolute Gasteiger partial charge is 0.264 e. The van der Waals surface area contributed by atoms with Gasteiger partial charge in [0.1, 0.15) is 18.3 Å². The third kappa shape index (κ3) is 8.75. The van der Waals surface area contributed by atoms with Gasteiger partial charge in [-0.1, -0.05) is 90.8 Å². The molecule has 0 unspecified atom stereocenters. The summed E-state index contributed by atoms with van der Waals surface area (Å²) < 4.78 is 34.9. The van der Waals surface area contributed by atoms with Gasteiger partial charge < -0.3 is 15.0 Å². The summed E-state index contributed by atoms with van der Waals surface area (Å²) in [6, 6.07) is 29.4. The number of carbonyl (C=O) groups is 2. The SMILES string of the molecule is CC[C@H](C)NC(=O)[C@H](Cc1ccccc1)N(Cc1cccc(C)c1)C(=O)CN(c1cccc(OC)c1)S(=O)(=O)c1ccc(C)cc1. The van der Waals surface area contributed by atoms with E-state index in [9.17, 15) is 18.0 Å². The van der Waals surface area contributed by atoms with Gasteiger partial charge in [0.05, 0.1) is 17.7 Å². The van der Waals surface area contributed by atoms with Crippen LogP contribution in [0.1, 0.15) is 42.5 Å². The lowest BCUT2D eigenvalue weighted by Crippen LogP contribution is -2.54. The Morgan fingerprint density at radius 2 is 1.50 bits per heavy atom. The van der Waals surface area contributed by atoms with Crippen LogP contribution in [0.4, 0.5) is 5.69 Å². The van der Waals surface area contributed by atoms with Crippen molar-refractivity contribution in [2.75, 3.05) is 18.0 Å². The van der Waals surface area contributed by atoms with Crippen LogP contribution >= 0.6 is 0 Å². The number of hydrogen-bond acceptors (Lipinski definition) is 5. The number of aryl methyl sites for hydroxylation is 2. The Bertz CT molecular complexity index is 1730. The number of amides is 2. The highest BCUT2D eigenvalue weighted by Gasteiger charge is 2.35. The summed E-state index contributed by atoms with van der Waals surface area (Å²) in [4.78, 5) is 30.1. The van der Waals surface area contributed by atoms with Gasteiger partial charge in [-0.05, 0) is 62.6 Å². The van der Waals surface area contributed by atoms with Gasteiger partial charge in [0, 0.05) is 25.1 Å². The fourth-order valence-corrected chi connectivity index (χ4v) is 6.54. The molecule has 242 valence electrons. The molecule has 0 fully saturated rings. The van der Waals surface area contributed by atoms with Gasteiger partial charge in [0.2, 0.25) is 11.8 Å². The molecule has 0 aliphatic rings. The summed E-state index contributed by atoms with van der Waals surface area (Å²) in [5.74, 6) is -0.366. The van der Waals surface area contributed by atoms with Crippen LogP contribution in [-0.4, -0.2) is 50.9 Å². The summed E-state index contributed by atoms with van der Waals surface area (Å²) in [5.41, 5.74) is 3.90. The van der Waals surface area contributed by atoms with E-state index in [1.54, 1.807) is 36.4 Å². The summed E-state index contributed by atoms with van der Waals surface area (Å²) in [5, 5.41) is 3.06. The molecule has 0 aliphatic heterocycles. The van der Waals surface area contributed by atoms with E-state index < -0.39 is 28.5 Å². The van der Waals surface area contributed by atoms with E-state index in [4.69, 9.17) is 4.74 Å². The Morgan fingerprint density at radius 3 is 2.15 bits per heavy atom. The van der Waals surface area contributed by atoms with Gasteiger partial charge in [-0.15, -0.1) is 0 Å². The van der Waals surface area contributed by atoms with Crippen molar-refractivity contribution in [2.24, 2.45) is 0 Å². The molecule has 0 radical (unpaired) electrons. The van der Waals surface area contributed by atoms with Crippen molar-refractivity contribution in [2.45, 2.75) is 64.1 Å². The van der Waals surface area contributed by atoms with Gasteiger partial charge in [0.25, 0.3) is 10.0 Å². The summed E-state index contributed by atoms with van der Waals surface area (Å²) in [6.45, 7) is 7.32. The van der Waals surface area contributed by atoms with Crippen LogP contribution in [0.25, 0.3) is 0 Å². The fourth-order valence-electron chi connectivity index (χ4n) is 5.13. The maximum atomic E-state index is 14.6. The number of benzene rings is 4. The first-order valence-corrected chi connectivity index (χ1v) is 16.9. The molecule has 0 heterocycles. The predicted molar refractivity (Wildman–Crippen MR) is 182 cm³/mol. The van der Waals surface area contributed by atoms with Crippen molar-refractivity contribution in [3.8, 4) is 5.75 Å². The molecule has 4 rings (SSSR count). The van der Waals surface area contributed by atoms with Gasteiger partial charge >= 0.3 is 0 Å². The standard InChI is InChI=1S/C37H43N3O5S/c1-6-29(4)38-37(42)35(23-30-13-8-7-9-14-30)39(25-31-15-10-12-28(3)22-31)36(41)26-40(32-16-11-17-33(24-32)45-5)46(43,44)34-20-18-27(2)19-21-34/h7-22,24,29,35H,6,23,25-26H2,1-5H3,(H,38,42)/t29-,35-/m0/s1. The van der Waals surface area contributed by atoms with E-state index in [0.29, 0.717) is 12.2 Å². The third-order valence-corrected chi connectivity index (χ3v) is 9.72. The van der Waals surface area contributed by atoms with Crippen LogP contribution in [0.3, 0.4) is 0 Å². The van der Waals surface area contributed by atoms with Gasteiger partial charge in [-0.2, -0.15) is 0 Å². The maximum absolute atomic E-state index is 14.6. The zero-order valence-corrected chi connectivity index (χ0v) is 28.0. The molecule has 46 heavy (non-hydrogen) atoms. The maximum Gasteiger partial charge on any atom is 0.264 e. The second kappa shape index (κ2) is 15.6. The predicted octanol–water partition coefficient (Wildman–Crippen LogP) is 6.06. The van der Waals surface area contributed by atoms with E-state index in [2.05, 4.69) is 5.32 Å². The van der Waals surface area contributed by atoms with Crippen LogP contribution in [0.2, 0.25) is 0 Å². The Kier molecular flexibility index (Phi) is 11.6. The first-order valence-electron chi connectivity index (χ1n) is 15.4. The second-order valence-electron chi connectivity index (χ2n) is 11.6. The van der Waals surface area contributed by atoms with Crippen molar-refractivity contribution in [3.63, 3.8) is 0 Å². The molecule has 9 heteroatoms. The molecule has 0 saturated heterocycles. The van der Waals surface area contributed by atoms with Crippen molar-refractivity contribution < 1.29 is 22.7 Å². The summed E-state index contributed by atoms with van der Waals surface area (Å²) >= 11 is 0. The topological polar surface area (TPSA) is 96.0 Å². The van der Waals surface area contributed by atoms with Gasteiger partial charge in [-0.3, -0.25) is 13.9 Å². The average Bonchev–Trinajstić information content (AvgIpc) is 3.05. The van der Waals surface area contributed by atoms with E-state index in [0.717, 1.165) is 26.6 Å². The fraction of sp³-hybridized carbons (Fsp3) is 0.297. The first-order chi connectivity index (χ1) is 22.0. The molecule has 2 amide bonds. The minimum Gasteiger partial charge on any atom is -0.497 e. The van der Waals surface area contributed by atoms with Crippen molar-refractivity contribution in [1.82, 2.24) is 10.2 Å². The molecule has 2 atom stereocenters. The first kappa shape index (κ1) is 34.2. The summed E-state index contributed by atoms with van der Waals surface area (Å²) in [6.07, 6.45) is 0.971. The van der Waals surface area contributed by atoms with E-state index in [1.807, 2.05) is 82.3 Å². The van der Waals surface area contributed by atoms with E-state index >= 15 is 0 Å². The number of nitrogens with zero attached hydrogens (tertiary/aromatic N) is 2. The second-order valence-corrected chi connectivity index (χ2v) is 13.4. The molecule has 0 aliphatic carbocycles. The number of ether oxygens (including phenoxy) is 1. The van der Waals surface area contributed by atoms with Crippen LogP contribution < -0.4 is 14.4 Å². The zero-order valence-electron chi connectivity index (χ0n) is 27.1. The third-order valence-electron chi connectivity index (χ3n) is 7.94. The molecular formula is C37H43N3O5S. The molecule has 0 aromatic heterocycles. The lowest BCUT2D eigenvalue weighted by atomic mass is 10.0. The molecule has 0 bridgehead atoms. The summed E-state index contributed by atoms with van der Waals surface area (Å²) in [7, 11) is -2.71. The molecule has 0 saturated carbocycles. The Balaban J connectivity index is 1.82. The lowest BCUT2D eigenvalue weighted by Gasteiger charge is -2.34. The number of rotatable bonds is 14. The number of nitrogens with one attached hydrogen (secondary N) is 1. The molecule has 8 nitrogen and oxygen atoms in total. The number of sulfonamides is 1. The molecule has 1 N–H and O–H groups in total. The van der Waals surface area contributed by atoms with Crippen molar-refractivity contribution >= 4 is 27.5 Å². The molecule has 0 spiro atoms. The average molecular weight is 642 g/mol. The zero-order chi connectivity index (χ0) is 33.3. The normalized spacial score (nSPS) is 12.5. The Morgan fingerprint density at radius 1 is 0.826 bits per heavy atom. The monoisotopic (exact) mass is 641 g/mol. The van der Waals surface area contributed by atoms with Gasteiger partial charge in [-0.25, -0.2) is 8.42 Å². The molecule has 4 aromatic carbocycles. The van der Waals surface area contributed by atoms with Crippen LogP contribution in [0.5, 0.6) is 5.75 Å². The number of methoxy groups -OCH3 is 1. The largest absolute Gasteiger partial charge is 0.497 e. The van der Waals surface area contributed by atoms with Crippen LogP contribution in [0, 0.1) is 13.8 Å². The molecular weight excluding hydrogens is 598 g/mol. The van der Waals surface area contributed by atoms with Crippen molar-refractivity contribution in [1.29, 1.82) is 0 Å². The highest BCUT2D eigenvalue weighted by atomic mass is 32.2. The van der Waals surface area contributed by atoms with Crippen LogP contribution in [0.15, 0.2) is 108 Å². The number of carbonyl (C=O) groups excluding carboxylic acids is 2. The van der Waals surface area contributed by atoms with Crippen molar-refractivity contribution in [3.05, 3.63) is 125 Å². The minimum atomic E-state index is -4.20. The van der Waals surface area contributed by atoms with Gasteiger partial charge in [0.15, 0.2) is 0 Å². The number of anilines is 1. The van der Waals surface area contributed by atoms with E-state index in [-0.39, 0.29) is 35.5 Å². The highest BCUT2D eigenvalue weighted by molar-refractivity contribution is 7.92. The number of hydrogen-bond donors (Lipinski definition) is 1. The lowest BCUT2D eigenvalue weighted by molar-refractivity contribution is -0.140. The quantitative estimate of drug-likeness (QED) is 0.181. The van der Waals surface area contributed by atoms with Crippen LogP contribution in [-0.2, 0) is 32.6 Å². The molecule has 4 aromatic rings.